The minimum absolute atomic E-state index is 0.154. The molecule has 1 aliphatic carbocycles. The normalized spacial score (nSPS) is 24.9. The Morgan fingerprint density at radius 3 is 2.74 bits per heavy atom. The maximum Gasteiger partial charge on any atom is 0.229 e. The average Bonchev–Trinajstić information content (AvgIpc) is 3.37. The van der Waals surface area contributed by atoms with Gasteiger partial charge in [0, 0.05) is 38.3 Å². The summed E-state index contributed by atoms with van der Waals surface area (Å²) in [5.74, 6) is 0.849. The van der Waals surface area contributed by atoms with Gasteiger partial charge in [0.05, 0.1) is 36.6 Å². The van der Waals surface area contributed by atoms with Gasteiger partial charge in [0.2, 0.25) is 5.91 Å². The van der Waals surface area contributed by atoms with Crippen LogP contribution in [-0.4, -0.2) is 65.8 Å². The summed E-state index contributed by atoms with van der Waals surface area (Å²) in [6, 6.07) is 10.4. The number of benzene rings is 1. The minimum atomic E-state index is -0.154. The van der Waals surface area contributed by atoms with Crippen LogP contribution in [-0.2, 0) is 35.8 Å². The van der Waals surface area contributed by atoms with Crippen molar-refractivity contribution in [2.45, 2.75) is 64.3 Å². The number of aromatic nitrogens is 2. The van der Waals surface area contributed by atoms with Crippen molar-refractivity contribution in [1.29, 1.82) is 0 Å². The maximum atomic E-state index is 13.5. The van der Waals surface area contributed by atoms with Crippen LogP contribution in [0.15, 0.2) is 30.3 Å². The predicted molar refractivity (Wildman–Crippen MR) is 132 cm³/mol. The molecule has 5 rings (SSSR count). The highest BCUT2D eigenvalue weighted by Crippen LogP contribution is 2.50. The number of nitrogens with one attached hydrogen (secondary N) is 1. The lowest BCUT2D eigenvalue weighted by Gasteiger charge is -2.36. The first kappa shape index (κ1) is 23.5. The Bertz CT molecular complexity index is 980. The van der Waals surface area contributed by atoms with Gasteiger partial charge >= 0.3 is 0 Å². The number of likely N-dealkylation sites (tertiary alicyclic amines) is 1. The minimum Gasteiger partial charge on any atom is -0.373 e. The van der Waals surface area contributed by atoms with Crippen LogP contribution in [0.4, 0.5) is 0 Å². The van der Waals surface area contributed by atoms with Gasteiger partial charge in [-0.1, -0.05) is 30.3 Å². The number of hydrogen-bond acceptors (Lipinski definition) is 5. The van der Waals surface area contributed by atoms with Gasteiger partial charge in [-0.2, -0.15) is 5.10 Å². The lowest BCUT2D eigenvalue weighted by molar-refractivity contribution is -0.138. The molecular formula is C27H39N5O2. The van der Waals surface area contributed by atoms with Crippen LogP contribution < -0.4 is 5.32 Å². The zero-order chi connectivity index (χ0) is 23.5. The molecule has 7 heteroatoms. The molecule has 1 N–H and O–H groups in total. The van der Waals surface area contributed by atoms with E-state index in [0.29, 0.717) is 18.4 Å². The number of rotatable bonds is 8. The van der Waals surface area contributed by atoms with Gasteiger partial charge < -0.3 is 15.0 Å². The van der Waals surface area contributed by atoms with Crippen molar-refractivity contribution < 1.29 is 9.53 Å². The summed E-state index contributed by atoms with van der Waals surface area (Å²) < 4.78 is 8.03. The summed E-state index contributed by atoms with van der Waals surface area (Å²) in [6.45, 7) is 6.69. The van der Waals surface area contributed by atoms with Gasteiger partial charge in [-0.05, 0) is 57.7 Å². The standard InChI is InChI=1S/C27H39N5O2/c1-28-13-15-30(2)19-23-25(24-20-34-17-16-32(24)29-23)22-8-10-27(11-9-22)12-14-31(26(27)33)18-21-6-4-3-5-7-21/h3-7,22,28H,8-20H2,1-2H3/t22-,27+. The van der Waals surface area contributed by atoms with Crippen molar-refractivity contribution in [2.75, 3.05) is 40.3 Å². The first-order valence-corrected chi connectivity index (χ1v) is 12.9. The van der Waals surface area contributed by atoms with Gasteiger partial charge in [-0.25, -0.2) is 0 Å². The van der Waals surface area contributed by atoms with Crippen LogP contribution >= 0.6 is 0 Å². The molecule has 3 heterocycles. The predicted octanol–water partition coefficient (Wildman–Crippen LogP) is 3.14. The zero-order valence-corrected chi connectivity index (χ0v) is 20.8. The molecule has 1 spiro atoms. The Morgan fingerprint density at radius 1 is 1.18 bits per heavy atom. The molecule has 1 aromatic heterocycles. The SMILES string of the molecule is CNCCN(C)Cc1nn2c(c1[C@H]1CC[C@]3(CCN(Cc4ccccc4)C3=O)CC1)COCC2. The summed E-state index contributed by atoms with van der Waals surface area (Å²) >= 11 is 0. The van der Waals surface area contributed by atoms with Gasteiger partial charge in [-0.3, -0.25) is 14.4 Å². The first-order chi connectivity index (χ1) is 16.6. The summed E-state index contributed by atoms with van der Waals surface area (Å²) in [6.07, 6.45) is 5.11. The quantitative estimate of drug-likeness (QED) is 0.649. The highest BCUT2D eigenvalue weighted by Gasteiger charge is 2.49. The summed E-state index contributed by atoms with van der Waals surface area (Å²) in [4.78, 5) is 17.9. The van der Waals surface area contributed by atoms with Crippen molar-refractivity contribution >= 4 is 5.91 Å². The van der Waals surface area contributed by atoms with Crippen molar-refractivity contribution in [3.05, 3.63) is 52.8 Å². The number of hydrogen-bond donors (Lipinski definition) is 1. The van der Waals surface area contributed by atoms with E-state index < -0.39 is 0 Å². The van der Waals surface area contributed by atoms with E-state index in [0.717, 1.165) is 78.0 Å². The number of nitrogens with zero attached hydrogens (tertiary/aromatic N) is 4. The number of amides is 1. The van der Waals surface area contributed by atoms with E-state index in [-0.39, 0.29) is 5.41 Å². The Morgan fingerprint density at radius 2 is 1.97 bits per heavy atom. The Hall–Kier alpha value is -2.22. The third kappa shape index (κ3) is 4.66. The first-order valence-electron chi connectivity index (χ1n) is 12.9. The Balaban J connectivity index is 1.29. The van der Waals surface area contributed by atoms with Crippen molar-refractivity contribution in [1.82, 2.24) is 24.9 Å². The highest BCUT2D eigenvalue weighted by atomic mass is 16.5. The fourth-order valence-electron chi connectivity index (χ4n) is 6.22. The van der Waals surface area contributed by atoms with E-state index in [1.54, 1.807) is 0 Å². The molecule has 34 heavy (non-hydrogen) atoms. The molecular weight excluding hydrogens is 426 g/mol. The van der Waals surface area contributed by atoms with E-state index in [1.807, 2.05) is 13.1 Å². The smallest absolute Gasteiger partial charge is 0.229 e. The Labute approximate surface area is 203 Å². The fourth-order valence-corrected chi connectivity index (χ4v) is 6.22. The highest BCUT2D eigenvalue weighted by molar-refractivity contribution is 5.85. The topological polar surface area (TPSA) is 62.6 Å². The lowest BCUT2D eigenvalue weighted by Crippen LogP contribution is -2.37. The molecule has 1 aromatic carbocycles. The molecule has 1 saturated heterocycles. The van der Waals surface area contributed by atoms with E-state index in [9.17, 15) is 4.79 Å². The van der Waals surface area contributed by atoms with E-state index in [4.69, 9.17) is 9.84 Å². The molecule has 2 fully saturated rings. The summed E-state index contributed by atoms with van der Waals surface area (Å²) in [7, 11) is 4.17. The second-order valence-electron chi connectivity index (χ2n) is 10.4. The van der Waals surface area contributed by atoms with Crippen LogP contribution in [0.1, 0.15) is 60.5 Å². The van der Waals surface area contributed by atoms with Gasteiger partial charge in [0.15, 0.2) is 0 Å². The second-order valence-corrected chi connectivity index (χ2v) is 10.4. The molecule has 2 aromatic rings. The molecule has 0 bridgehead atoms. The maximum absolute atomic E-state index is 13.5. The molecule has 1 saturated carbocycles. The number of fused-ring (bicyclic) bond motifs is 1. The number of ether oxygens (including phenoxy) is 1. The number of likely N-dealkylation sites (N-methyl/N-ethyl adjacent to an activating group) is 2. The molecule has 0 atom stereocenters. The van der Waals surface area contributed by atoms with Gasteiger partial charge in [0.1, 0.15) is 0 Å². The largest absolute Gasteiger partial charge is 0.373 e. The molecule has 0 unspecified atom stereocenters. The summed E-state index contributed by atoms with van der Waals surface area (Å²) in [5.41, 5.74) is 4.97. The van der Waals surface area contributed by atoms with Crippen LogP contribution in [0.25, 0.3) is 0 Å². The van der Waals surface area contributed by atoms with Crippen molar-refractivity contribution in [3.63, 3.8) is 0 Å². The third-order valence-corrected chi connectivity index (χ3v) is 8.19. The second kappa shape index (κ2) is 10.2. The number of carbonyl (C=O) groups excluding carboxylic acids is 1. The van der Waals surface area contributed by atoms with E-state index in [1.165, 1.54) is 22.5 Å². The molecule has 3 aliphatic rings. The molecule has 184 valence electrons. The monoisotopic (exact) mass is 465 g/mol. The van der Waals surface area contributed by atoms with E-state index >= 15 is 0 Å². The fraction of sp³-hybridized carbons (Fsp3) is 0.630. The van der Waals surface area contributed by atoms with Gasteiger partial charge in [-0.15, -0.1) is 0 Å². The molecule has 0 radical (unpaired) electrons. The van der Waals surface area contributed by atoms with Crippen LogP contribution in [0.2, 0.25) is 0 Å². The van der Waals surface area contributed by atoms with Crippen LogP contribution in [0, 0.1) is 5.41 Å². The van der Waals surface area contributed by atoms with E-state index in [2.05, 4.69) is 51.1 Å². The zero-order valence-electron chi connectivity index (χ0n) is 20.8. The molecule has 7 nitrogen and oxygen atoms in total. The van der Waals surface area contributed by atoms with Crippen LogP contribution in [0.3, 0.4) is 0 Å². The number of carbonyl (C=O) groups is 1. The Kier molecular flexibility index (Phi) is 7.04. The van der Waals surface area contributed by atoms with Crippen molar-refractivity contribution in [2.24, 2.45) is 5.41 Å². The van der Waals surface area contributed by atoms with Crippen LogP contribution in [0.5, 0.6) is 0 Å². The van der Waals surface area contributed by atoms with Gasteiger partial charge in [0.25, 0.3) is 0 Å². The third-order valence-electron chi connectivity index (χ3n) is 8.19. The summed E-state index contributed by atoms with van der Waals surface area (Å²) in [5, 5.41) is 8.28. The average molecular weight is 466 g/mol. The molecule has 1 amide bonds. The molecule has 2 aliphatic heterocycles. The van der Waals surface area contributed by atoms with Crippen molar-refractivity contribution in [3.8, 4) is 0 Å². The lowest BCUT2D eigenvalue weighted by atomic mass is 9.67.